The highest BCUT2D eigenvalue weighted by molar-refractivity contribution is 5.78. The van der Waals surface area contributed by atoms with Crippen LogP contribution in [0.25, 0.3) is 0 Å². The molecular formula is C19H38N2O3. The van der Waals surface area contributed by atoms with Gasteiger partial charge in [-0.2, -0.15) is 0 Å². The minimum atomic E-state index is -0.210. The van der Waals surface area contributed by atoms with Gasteiger partial charge in [0.05, 0.1) is 6.10 Å². The van der Waals surface area contributed by atoms with Crippen LogP contribution in [-0.4, -0.2) is 22.9 Å². The number of unbranched alkanes of at least 4 members (excludes halogenated alkanes) is 5. The molecule has 0 spiro atoms. The first kappa shape index (κ1) is 23.1. The molecular weight excluding hydrogens is 304 g/mol. The first-order chi connectivity index (χ1) is 11.5. The number of carbonyl (C=O) groups excluding carboxylic acids is 2. The van der Waals surface area contributed by atoms with Crippen molar-refractivity contribution >= 4 is 11.7 Å². The Kier molecular flexibility index (Phi) is 15.0. The van der Waals surface area contributed by atoms with Gasteiger partial charge in [-0.15, -0.1) is 0 Å². The second-order valence-corrected chi connectivity index (χ2v) is 6.91. The molecule has 0 aromatic carbocycles. The predicted molar refractivity (Wildman–Crippen MR) is 98.2 cm³/mol. The van der Waals surface area contributed by atoms with E-state index in [0.29, 0.717) is 6.42 Å². The van der Waals surface area contributed by atoms with Crippen molar-refractivity contribution in [3.63, 3.8) is 0 Å². The van der Waals surface area contributed by atoms with Gasteiger partial charge in [-0.25, -0.2) is 5.84 Å². The van der Waals surface area contributed by atoms with Crippen molar-refractivity contribution in [3.05, 3.63) is 0 Å². The molecule has 0 radical (unpaired) electrons. The summed E-state index contributed by atoms with van der Waals surface area (Å²) in [7, 11) is 0. The van der Waals surface area contributed by atoms with Crippen LogP contribution < -0.4 is 11.3 Å². The fraction of sp³-hybridized carbons (Fsp3) is 0.895. The van der Waals surface area contributed by atoms with Gasteiger partial charge in [-0.05, 0) is 39.0 Å². The molecule has 4 N–H and O–H groups in total. The summed E-state index contributed by atoms with van der Waals surface area (Å²) in [6, 6.07) is 0. The van der Waals surface area contributed by atoms with Gasteiger partial charge in [0.1, 0.15) is 5.78 Å². The number of hydrogen-bond acceptors (Lipinski definition) is 4. The Morgan fingerprint density at radius 3 is 2.12 bits per heavy atom. The molecule has 0 aliphatic carbocycles. The quantitative estimate of drug-likeness (QED) is 0.173. The number of carbonyl (C=O) groups is 2. The third-order valence-electron chi connectivity index (χ3n) is 4.67. The lowest BCUT2D eigenvalue weighted by Crippen LogP contribution is -2.29. The maximum Gasteiger partial charge on any atom is 0.233 e. The predicted octanol–water partition coefficient (Wildman–Crippen LogP) is 3.63. The van der Waals surface area contributed by atoms with Crippen molar-refractivity contribution in [1.29, 1.82) is 0 Å². The molecule has 0 saturated carbocycles. The highest BCUT2D eigenvalue weighted by Gasteiger charge is 2.14. The number of hydrogen-bond donors (Lipinski definition) is 3. The summed E-state index contributed by atoms with van der Waals surface area (Å²) >= 11 is 0. The average molecular weight is 343 g/mol. The number of aliphatic hydroxyl groups excluding tert-OH is 1. The van der Waals surface area contributed by atoms with E-state index in [-0.39, 0.29) is 23.7 Å². The van der Waals surface area contributed by atoms with Gasteiger partial charge in [0.25, 0.3) is 0 Å². The number of nitrogens with one attached hydrogen (secondary N) is 1. The lowest BCUT2D eigenvalue weighted by Gasteiger charge is -2.15. The van der Waals surface area contributed by atoms with Crippen molar-refractivity contribution in [2.45, 2.75) is 103 Å². The fourth-order valence-electron chi connectivity index (χ4n) is 3.03. The molecule has 2 unspecified atom stereocenters. The smallest absolute Gasteiger partial charge is 0.233 e. The molecule has 0 fully saturated rings. The first-order valence-electron chi connectivity index (χ1n) is 9.69. The maximum absolute atomic E-state index is 11.7. The number of hydrazine groups is 1. The third kappa shape index (κ3) is 13.5. The Labute approximate surface area is 147 Å². The van der Waals surface area contributed by atoms with E-state index in [9.17, 15) is 14.7 Å². The average Bonchev–Trinajstić information content (AvgIpc) is 2.55. The number of rotatable bonds is 16. The summed E-state index contributed by atoms with van der Waals surface area (Å²) in [5.41, 5.74) is 2.13. The number of aliphatic hydroxyl groups is 1. The molecule has 0 aliphatic rings. The molecule has 0 heterocycles. The SMILES string of the molecule is CCCCCC(O)CCCC(CCCCCCC(=O)NN)C(C)=O. The number of amides is 1. The molecule has 0 aromatic heterocycles. The highest BCUT2D eigenvalue weighted by Crippen LogP contribution is 2.20. The Morgan fingerprint density at radius 1 is 0.917 bits per heavy atom. The standard InChI is InChI=1S/C19H38N2O3/c1-3-4-7-13-18(23)14-10-12-17(16(2)22)11-8-5-6-9-15-19(24)21-20/h17-18,23H,3-15,20H2,1-2H3,(H,21,24). The lowest BCUT2D eigenvalue weighted by molar-refractivity contribution is -0.121. The van der Waals surface area contributed by atoms with Crippen molar-refractivity contribution in [1.82, 2.24) is 5.43 Å². The second kappa shape index (κ2) is 15.6. The summed E-state index contributed by atoms with van der Waals surface area (Å²) in [6.45, 7) is 3.84. The number of ketones is 1. The van der Waals surface area contributed by atoms with Crippen molar-refractivity contribution in [2.24, 2.45) is 11.8 Å². The van der Waals surface area contributed by atoms with E-state index in [0.717, 1.165) is 64.2 Å². The zero-order chi connectivity index (χ0) is 18.2. The molecule has 1 amide bonds. The summed E-state index contributed by atoms with van der Waals surface area (Å²) in [4.78, 5) is 22.7. The number of Topliss-reactive ketones (excluding diaryl/α,β-unsaturated/α-hetero) is 1. The summed E-state index contributed by atoms with van der Waals surface area (Å²) in [5.74, 6) is 5.30. The zero-order valence-electron chi connectivity index (χ0n) is 15.7. The monoisotopic (exact) mass is 342 g/mol. The van der Waals surface area contributed by atoms with Gasteiger partial charge < -0.3 is 5.11 Å². The van der Waals surface area contributed by atoms with E-state index in [1.807, 2.05) is 0 Å². The molecule has 142 valence electrons. The maximum atomic E-state index is 11.7. The second-order valence-electron chi connectivity index (χ2n) is 6.91. The van der Waals surface area contributed by atoms with Crippen LogP contribution >= 0.6 is 0 Å². The van der Waals surface area contributed by atoms with Gasteiger partial charge >= 0.3 is 0 Å². The molecule has 2 atom stereocenters. The molecule has 0 rings (SSSR count). The van der Waals surface area contributed by atoms with Gasteiger partial charge in [0, 0.05) is 12.3 Å². The molecule has 5 heteroatoms. The van der Waals surface area contributed by atoms with Crippen LogP contribution in [0.15, 0.2) is 0 Å². The van der Waals surface area contributed by atoms with Crippen molar-refractivity contribution < 1.29 is 14.7 Å². The van der Waals surface area contributed by atoms with Gasteiger partial charge in [-0.1, -0.05) is 51.9 Å². The van der Waals surface area contributed by atoms with Gasteiger partial charge in [-0.3, -0.25) is 15.0 Å². The Morgan fingerprint density at radius 2 is 1.50 bits per heavy atom. The van der Waals surface area contributed by atoms with E-state index < -0.39 is 0 Å². The Bertz CT molecular complexity index is 335. The zero-order valence-corrected chi connectivity index (χ0v) is 15.7. The molecule has 24 heavy (non-hydrogen) atoms. The van der Waals surface area contributed by atoms with Crippen LogP contribution in [0.1, 0.15) is 97.3 Å². The highest BCUT2D eigenvalue weighted by atomic mass is 16.3. The van der Waals surface area contributed by atoms with Crippen LogP contribution in [0.4, 0.5) is 0 Å². The minimum Gasteiger partial charge on any atom is -0.393 e. The Hall–Kier alpha value is -0.940. The number of nitrogens with two attached hydrogens (primary N) is 1. The van der Waals surface area contributed by atoms with Crippen LogP contribution in [0.2, 0.25) is 0 Å². The van der Waals surface area contributed by atoms with Gasteiger partial charge in [0.15, 0.2) is 0 Å². The molecule has 5 nitrogen and oxygen atoms in total. The largest absolute Gasteiger partial charge is 0.393 e. The van der Waals surface area contributed by atoms with Crippen LogP contribution in [0.3, 0.4) is 0 Å². The van der Waals surface area contributed by atoms with E-state index in [1.165, 1.54) is 12.8 Å². The molecule has 0 bridgehead atoms. The van der Waals surface area contributed by atoms with Crippen LogP contribution in [0.5, 0.6) is 0 Å². The molecule has 0 saturated heterocycles. The Balaban J connectivity index is 3.74. The van der Waals surface area contributed by atoms with Gasteiger partial charge in [0.2, 0.25) is 5.91 Å². The summed E-state index contributed by atoms with van der Waals surface area (Å²) in [6.07, 6.45) is 12.0. The van der Waals surface area contributed by atoms with E-state index >= 15 is 0 Å². The van der Waals surface area contributed by atoms with Crippen molar-refractivity contribution in [3.8, 4) is 0 Å². The third-order valence-corrected chi connectivity index (χ3v) is 4.67. The first-order valence-corrected chi connectivity index (χ1v) is 9.69. The van der Waals surface area contributed by atoms with Crippen LogP contribution in [-0.2, 0) is 9.59 Å². The minimum absolute atomic E-state index is 0.117. The molecule has 0 aliphatic heterocycles. The summed E-state index contributed by atoms with van der Waals surface area (Å²) < 4.78 is 0. The molecule has 0 aromatic rings. The fourth-order valence-corrected chi connectivity index (χ4v) is 3.03. The van der Waals surface area contributed by atoms with Crippen molar-refractivity contribution in [2.75, 3.05) is 0 Å². The van der Waals surface area contributed by atoms with E-state index in [2.05, 4.69) is 12.3 Å². The van der Waals surface area contributed by atoms with Crippen LogP contribution in [0, 0.1) is 5.92 Å². The summed E-state index contributed by atoms with van der Waals surface area (Å²) in [5, 5.41) is 9.94. The lowest BCUT2D eigenvalue weighted by atomic mass is 9.91. The normalized spacial score (nSPS) is 13.5. The van der Waals surface area contributed by atoms with E-state index in [1.54, 1.807) is 6.92 Å². The topological polar surface area (TPSA) is 92.4 Å². The van der Waals surface area contributed by atoms with E-state index in [4.69, 9.17) is 5.84 Å².